The van der Waals surface area contributed by atoms with Crippen LogP contribution in [0.4, 0.5) is 5.82 Å². The molecule has 0 saturated heterocycles. The molecular weight excluding hydrogens is 278 g/mol. The fraction of sp³-hybridized carbons (Fsp3) is 0.0769. The molecule has 3 N–H and O–H groups in total. The standard InChI is InChI=1S/C13H7N3O5/c17-8-7-9(14-12(20)15-10(7)18)16-13(8)6-4-2-1-3-5(6)11(19)21-13/h1-4H,(H3,14,15,16,18,20). The molecule has 1 unspecified atom stereocenters. The number of carbonyl (C=O) groups excluding carboxylic acids is 2. The molecule has 3 heterocycles. The number of ether oxygens (including phenoxy) is 1. The van der Waals surface area contributed by atoms with Crippen LogP contribution >= 0.6 is 0 Å². The van der Waals surface area contributed by atoms with E-state index in [2.05, 4.69) is 10.3 Å². The average molecular weight is 285 g/mol. The van der Waals surface area contributed by atoms with E-state index in [1.54, 1.807) is 18.2 Å². The van der Waals surface area contributed by atoms with Gasteiger partial charge < -0.3 is 10.1 Å². The monoisotopic (exact) mass is 285 g/mol. The molecule has 104 valence electrons. The van der Waals surface area contributed by atoms with Crippen LogP contribution in [0.5, 0.6) is 0 Å². The maximum atomic E-state index is 12.6. The van der Waals surface area contributed by atoms with Crippen molar-refractivity contribution < 1.29 is 14.3 Å². The summed E-state index contributed by atoms with van der Waals surface area (Å²) in [5.41, 5.74) is -3.08. The highest BCUT2D eigenvalue weighted by Crippen LogP contribution is 2.43. The number of hydrogen-bond donors (Lipinski definition) is 3. The highest BCUT2D eigenvalue weighted by molar-refractivity contribution is 6.15. The molecule has 0 bridgehead atoms. The lowest BCUT2D eigenvalue weighted by Crippen LogP contribution is -2.39. The van der Waals surface area contributed by atoms with Crippen LogP contribution in [-0.2, 0) is 10.5 Å². The second-order valence-electron chi connectivity index (χ2n) is 4.73. The van der Waals surface area contributed by atoms with Crippen molar-refractivity contribution in [2.45, 2.75) is 5.72 Å². The van der Waals surface area contributed by atoms with Gasteiger partial charge in [-0.05, 0) is 6.07 Å². The predicted octanol–water partition coefficient (Wildman–Crippen LogP) is -0.305. The molecule has 0 aliphatic carbocycles. The van der Waals surface area contributed by atoms with E-state index in [9.17, 15) is 19.2 Å². The van der Waals surface area contributed by atoms with Crippen molar-refractivity contribution in [3.05, 3.63) is 61.8 Å². The summed E-state index contributed by atoms with van der Waals surface area (Å²) in [5, 5.41) is 2.66. The number of hydrogen-bond acceptors (Lipinski definition) is 6. The van der Waals surface area contributed by atoms with Crippen LogP contribution in [0, 0.1) is 0 Å². The lowest BCUT2D eigenvalue weighted by Gasteiger charge is -2.21. The third kappa shape index (κ3) is 1.28. The van der Waals surface area contributed by atoms with Crippen molar-refractivity contribution in [3.8, 4) is 0 Å². The van der Waals surface area contributed by atoms with Crippen molar-refractivity contribution >= 4 is 17.6 Å². The molecule has 8 nitrogen and oxygen atoms in total. The smallest absolute Gasteiger partial charge is 0.341 e. The second-order valence-corrected chi connectivity index (χ2v) is 4.73. The van der Waals surface area contributed by atoms with Gasteiger partial charge in [0.25, 0.3) is 11.3 Å². The van der Waals surface area contributed by atoms with Gasteiger partial charge in [-0.2, -0.15) is 0 Å². The summed E-state index contributed by atoms with van der Waals surface area (Å²) in [6.07, 6.45) is 0. The number of fused-ring (bicyclic) bond motifs is 3. The van der Waals surface area contributed by atoms with Crippen LogP contribution in [0.2, 0.25) is 0 Å². The minimum absolute atomic E-state index is 0.0572. The van der Waals surface area contributed by atoms with E-state index < -0.39 is 28.7 Å². The summed E-state index contributed by atoms with van der Waals surface area (Å²) in [6.45, 7) is 0. The summed E-state index contributed by atoms with van der Waals surface area (Å²) in [4.78, 5) is 51.9. The van der Waals surface area contributed by atoms with E-state index in [0.29, 0.717) is 5.56 Å². The number of nitrogens with one attached hydrogen (secondary N) is 3. The summed E-state index contributed by atoms with van der Waals surface area (Å²) in [6, 6.07) is 6.37. The predicted molar refractivity (Wildman–Crippen MR) is 69.2 cm³/mol. The Bertz CT molecular complexity index is 941. The Morgan fingerprint density at radius 2 is 1.76 bits per heavy atom. The zero-order valence-electron chi connectivity index (χ0n) is 10.4. The first-order valence-electron chi connectivity index (χ1n) is 6.05. The molecule has 1 aromatic heterocycles. The minimum Gasteiger partial charge on any atom is -0.423 e. The highest BCUT2D eigenvalue weighted by atomic mass is 16.6. The molecule has 0 radical (unpaired) electrons. The van der Waals surface area contributed by atoms with Gasteiger partial charge in [0.15, 0.2) is 0 Å². The number of Topliss-reactive ketones (excluding diaryl/α,β-unsaturated/α-hetero) is 1. The largest absolute Gasteiger partial charge is 0.423 e. The van der Waals surface area contributed by atoms with Gasteiger partial charge in [-0.25, -0.2) is 9.59 Å². The van der Waals surface area contributed by atoms with Gasteiger partial charge in [-0.3, -0.25) is 19.6 Å². The van der Waals surface area contributed by atoms with Gasteiger partial charge in [0.1, 0.15) is 11.4 Å². The van der Waals surface area contributed by atoms with E-state index in [4.69, 9.17) is 4.74 Å². The number of ketones is 1. The molecule has 1 aromatic carbocycles. The molecule has 0 saturated carbocycles. The molecule has 0 amide bonds. The third-order valence-electron chi connectivity index (χ3n) is 3.56. The van der Waals surface area contributed by atoms with Crippen molar-refractivity contribution in [2.24, 2.45) is 0 Å². The van der Waals surface area contributed by atoms with Gasteiger partial charge >= 0.3 is 11.7 Å². The van der Waals surface area contributed by atoms with E-state index in [1.165, 1.54) is 6.07 Å². The average Bonchev–Trinajstić information content (AvgIpc) is 2.87. The van der Waals surface area contributed by atoms with Gasteiger partial charge in [0.05, 0.1) is 5.56 Å². The van der Waals surface area contributed by atoms with Gasteiger partial charge in [0, 0.05) is 5.56 Å². The first kappa shape index (κ1) is 11.6. The summed E-state index contributed by atoms with van der Waals surface area (Å²) in [5.74, 6) is -1.44. The van der Waals surface area contributed by atoms with Crippen LogP contribution in [0.3, 0.4) is 0 Å². The van der Waals surface area contributed by atoms with Crippen LogP contribution in [0.15, 0.2) is 33.9 Å². The number of H-pyrrole nitrogens is 2. The van der Waals surface area contributed by atoms with Crippen molar-refractivity contribution in [3.63, 3.8) is 0 Å². The number of esters is 1. The summed E-state index contributed by atoms with van der Waals surface area (Å²) in [7, 11) is 0. The number of aromatic amines is 2. The number of rotatable bonds is 0. The fourth-order valence-electron chi connectivity index (χ4n) is 2.68. The van der Waals surface area contributed by atoms with E-state index in [-0.39, 0.29) is 16.9 Å². The molecule has 8 heteroatoms. The zero-order valence-corrected chi connectivity index (χ0v) is 10.4. The Balaban J connectivity index is 2.01. The van der Waals surface area contributed by atoms with E-state index in [0.717, 1.165) is 0 Å². The summed E-state index contributed by atoms with van der Waals surface area (Å²) < 4.78 is 5.20. The lowest BCUT2D eigenvalue weighted by atomic mass is 9.96. The topological polar surface area (TPSA) is 121 Å². The number of carbonyl (C=O) groups is 2. The third-order valence-corrected chi connectivity index (χ3v) is 3.56. The van der Waals surface area contributed by atoms with Gasteiger partial charge in [0.2, 0.25) is 5.78 Å². The molecule has 2 aliphatic rings. The second kappa shape index (κ2) is 3.48. The van der Waals surface area contributed by atoms with Crippen LogP contribution in [-0.4, -0.2) is 21.7 Å². The quantitative estimate of drug-likeness (QED) is 0.571. The lowest BCUT2D eigenvalue weighted by molar-refractivity contribution is 0.0110. The molecule has 4 rings (SSSR count). The van der Waals surface area contributed by atoms with E-state index >= 15 is 0 Å². The maximum absolute atomic E-state index is 12.6. The van der Waals surface area contributed by atoms with Gasteiger partial charge in [-0.15, -0.1) is 0 Å². The maximum Gasteiger partial charge on any atom is 0.341 e. The Labute approximate surface area is 115 Å². The van der Waals surface area contributed by atoms with Crippen molar-refractivity contribution in [1.82, 2.24) is 9.97 Å². The SMILES string of the molecule is O=C1OC2(Nc3[nH]c(=O)[nH]c(=O)c3C2=O)c2ccccc21. The Morgan fingerprint density at radius 1 is 1.00 bits per heavy atom. The normalized spacial score (nSPS) is 21.9. The minimum atomic E-state index is -1.78. The molecule has 1 spiro atoms. The summed E-state index contributed by atoms with van der Waals surface area (Å²) >= 11 is 0. The highest BCUT2D eigenvalue weighted by Gasteiger charge is 2.57. The number of anilines is 1. The molecule has 1 atom stereocenters. The Hall–Kier alpha value is -3.16. The first-order valence-corrected chi connectivity index (χ1v) is 6.05. The molecule has 0 fully saturated rings. The number of benzene rings is 1. The molecule has 2 aromatic rings. The van der Waals surface area contributed by atoms with Crippen LogP contribution < -0.4 is 16.6 Å². The number of aromatic nitrogens is 2. The Morgan fingerprint density at radius 3 is 2.57 bits per heavy atom. The Kier molecular flexibility index (Phi) is 1.93. The van der Waals surface area contributed by atoms with Gasteiger partial charge in [-0.1, -0.05) is 18.2 Å². The van der Waals surface area contributed by atoms with Crippen LogP contribution in [0.25, 0.3) is 0 Å². The zero-order chi connectivity index (χ0) is 14.8. The molecule has 21 heavy (non-hydrogen) atoms. The van der Waals surface area contributed by atoms with E-state index in [1.807, 2.05) is 4.98 Å². The van der Waals surface area contributed by atoms with Crippen molar-refractivity contribution in [2.75, 3.05) is 5.32 Å². The molecular formula is C13H7N3O5. The molecule has 2 aliphatic heterocycles. The fourth-order valence-corrected chi connectivity index (χ4v) is 2.68. The van der Waals surface area contributed by atoms with Crippen LogP contribution in [0.1, 0.15) is 26.3 Å². The first-order chi connectivity index (χ1) is 10.0. The van der Waals surface area contributed by atoms with Crippen molar-refractivity contribution in [1.29, 1.82) is 0 Å².